The number of anilines is 1. The summed E-state index contributed by atoms with van der Waals surface area (Å²) in [6, 6.07) is 14.4. The minimum absolute atomic E-state index is 0. The molecule has 2 N–H and O–H groups in total. The van der Waals surface area contributed by atoms with Gasteiger partial charge in [-0.25, -0.2) is 15.2 Å². The van der Waals surface area contributed by atoms with Crippen LogP contribution in [0.25, 0.3) is 33.3 Å². The maximum Gasteiger partial charge on any atom is 1.00 e. The van der Waals surface area contributed by atoms with E-state index in [9.17, 15) is 8.78 Å². The first-order chi connectivity index (χ1) is 25.7. The van der Waals surface area contributed by atoms with Gasteiger partial charge in [-0.1, -0.05) is 96.2 Å². The van der Waals surface area contributed by atoms with E-state index in [-0.39, 0.29) is 40.5 Å². The maximum atomic E-state index is 14.3. The van der Waals surface area contributed by atoms with E-state index in [1.165, 1.54) is 47.8 Å². The number of benzene rings is 2. The van der Waals surface area contributed by atoms with Gasteiger partial charge in [-0.3, -0.25) is 4.98 Å². The van der Waals surface area contributed by atoms with Gasteiger partial charge >= 0.3 is 29.6 Å². The summed E-state index contributed by atoms with van der Waals surface area (Å²) < 4.78 is 31.0. The molecule has 0 amide bonds. The molecule has 0 atom stereocenters. The molecule has 0 bridgehead atoms. The third-order valence-electron chi connectivity index (χ3n) is 10.6. The summed E-state index contributed by atoms with van der Waals surface area (Å²) in [5.74, 6) is 0. The Labute approximate surface area is 348 Å². The number of halogens is 2. The van der Waals surface area contributed by atoms with Crippen LogP contribution in [0.15, 0.2) is 61.3 Å². The summed E-state index contributed by atoms with van der Waals surface area (Å²) in [5, 5.41) is 8.41. The molecule has 2 aromatic heterocycles. The van der Waals surface area contributed by atoms with Crippen LogP contribution >= 0.6 is 0 Å². The van der Waals surface area contributed by atoms with Gasteiger partial charge in [-0.2, -0.15) is 0 Å². The number of rotatable bonds is 25. The molecule has 4 aromatic rings. The quantitative estimate of drug-likeness (QED) is 0.0307. The minimum atomic E-state index is -2.51. The number of hydrogen-bond acceptors (Lipinski definition) is 3. The first kappa shape index (κ1) is 45.7. The number of unbranched alkanes of at least 4 members (excludes halogenated alkanes) is 7. The number of nitrogens with zero attached hydrogens (tertiary/aromatic N) is 2. The van der Waals surface area contributed by atoms with E-state index in [4.69, 9.17) is 4.98 Å². The van der Waals surface area contributed by atoms with Gasteiger partial charge < -0.3 is 15.2 Å². The molecule has 2 heterocycles. The number of nitrogens with one attached hydrogen (secondary N) is 2. The van der Waals surface area contributed by atoms with Crippen molar-refractivity contribution in [1.82, 2.24) is 14.9 Å². The van der Waals surface area contributed by atoms with Crippen LogP contribution < -0.4 is 40.2 Å². The predicted molar refractivity (Wildman–Crippen MR) is 225 cm³/mol. The summed E-state index contributed by atoms with van der Waals surface area (Å²) in [7, 11) is 0. The van der Waals surface area contributed by atoms with Gasteiger partial charge in [-0.05, 0) is 110 Å². The average molecular weight is 749 g/mol. The number of fused-ring (bicyclic) bond motifs is 1. The van der Waals surface area contributed by atoms with Gasteiger partial charge in [0.1, 0.15) is 0 Å². The smallest absolute Gasteiger partial charge is 0.384 e. The third-order valence-corrected chi connectivity index (χ3v) is 10.6. The van der Waals surface area contributed by atoms with E-state index in [0.29, 0.717) is 0 Å². The van der Waals surface area contributed by atoms with E-state index in [1.54, 1.807) is 12.1 Å². The molecule has 2 aromatic carbocycles. The van der Waals surface area contributed by atoms with Gasteiger partial charge in [0.15, 0.2) is 0 Å². The van der Waals surface area contributed by atoms with E-state index < -0.39 is 6.43 Å². The second-order valence-corrected chi connectivity index (χ2v) is 15.6. The Balaban J connectivity index is 0.00000784. The van der Waals surface area contributed by atoms with Crippen LogP contribution in [0.3, 0.4) is 0 Å². The number of pyridine rings is 1. The van der Waals surface area contributed by atoms with Crippen molar-refractivity contribution in [2.75, 3.05) is 25.0 Å². The van der Waals surface area contributed by atoms with Gasteiger partial charge in [-0.15, -0.1) is 25.1 Å². The molecular formula is C47H67F2N4Na. The Morgan fingerprint density at radius 1 is 0.889 bits per heavy atom. The summed E-state index contributed by atoms with van der Waals surface area (Å²) in [4.78, 5) is 4.96. The van der Waals surface area contributed by atoms with Crippen LogP contribution in [-0.2, 0) is 19.4 Å². The first-order valence-corrected chi connectivity index (χ1v) is 20.6. The molecule has 0 aliphatic carbocycles. The fraction of sp³-hybridized carbons (Fsp3) is 0.532. The van der Waals surface area contributed by atoms with Crippen molar-refractivity contribution in [1.29, 1.82) is 0 Å². The van der Waals surface area contributed by atoms with E-state index in [0.717, 1.165) is 118 Å². The van der Waals surface area contributed by atoms with Crippen LogP contribution in [0.5, 0.6) is 0 Å². The molecule has 0 saturated heterocycles. The Kier molecular flexibility index (Phi) is 19.9. The molecule has 0 saturated carbocycles. The molecule has 0 spiro atoms. The summed E-state index contributed by atoms with van der Waals surface area (Å²) in [6.45, 7) is 20.9. The molecule has 54 heavy (non-hydrogen) atoms. The van der Waals surface area contributed by atoms with Crippen LogP contribution in [0.1, 0.15) is 141 Å². The van der Waals surface area contributed by atoms with Crippen LogP contribution in [0.2, 0.25) is 0 Å². The number of alkyl halides is 2. The van der Waals surface area contributed by atoms with Crippen LogP contribution in [0.4, 0.5) is 14.5 Å². The molecular weight excluding hydrogens is 682 g/mol. The number of allylic oxidation sites excluding steroid dienone is 1. The van der Waals surface area contributed by atoms with E-state index in [2.05, 4.69) is 100 Å². The Morgan fingerprint density at radius 2 is 1.67 bits per heavy atom. The second kappa shape index (κ2) is 23.4. The zero-order chi connectivity index (χ0) is 38.2. The monoisotopic (exact) mass is 749 g/mol. The van der Waals surface area contributed by atoms with Gasteiger partial charge in [0.2, 0.25) is 0 Å². The van der Waals surface area contributed by atoms with Crippen molar-refractivity contribution in [2.24, 2.45) is 5.41 Å². The van der Waals surface area contributed by atoms with Crippen molar-refractivity contribution in [3.05, 3.63) is 90.1 Å². The molecule has 4 rings (SSSR count). The second-order valence-electron chi connectivity index (χ2n) is 15.6. The molecule has 0 unspecified atom stereocenters. The fourth-order valence-electron chi connectivity index (χ4n) is 7.88. The largest absolute Gasteiger partial charge is 1.00 e. The van der Waals surface area contributed by atoms with Crippen molar-refractivity contribution < 1.29 is 38.3 Å². The minimum Gasteiger partial charge on any atom is -0.384 e. The van der Waals surface area contributed by atoms with Crippen LogP contribution in [0, 0.1) is 11.8 Å². The molecule has 4 nitrogen and oxygen atoms in total. The van der Waals surface area contributed by atoms with Crippen molar-refractivity contribution in [2.45, 2.75) is 138 Å². The number of aromatic nitrogens is 2. The van der Waals surface area contributed by atoms with E-state index >= 15 is 0 Å². The molecule has 0 aliphatic heterocycles. The predicted octanol–water partition coefficient (Wildman–Crippen LogP) is 10.5. The maximum absolute atomic E-state index is 14.3. The summed E-state index contributed by atoms with van der Waals surface area (Å²) >= 11 is 0. The Morgan fingerprint density at radius 3 is 2.37 bits per heavy atom. The van der Waals surface area contributed by atoms with Gasteiger partial charge in [0.05, 0.1) is 0 Å². The number of hydrogen-bond donors (Lipinski definition) is 2. The molecule has 7 heteroatoms. The summed E-state index contributed by atoms with van der Waals surface area (Å²) in [6.07, 6.45) is 17.9. The SMILES string of the molecule is C=CCCCCCCc1cc(-c2ccc3c(c2)c(CC(C)(C)CCC)c(-c2cc(NCCNCCCCCC)cnc2[CH-]C)n3CC)cc(C(F)F)c1.[Na+]. The van der Waals surface area contributed by atoms with Crippen molar-refractivity contribution in [3.63, 3.8) is 0 Å². The van der Waals surface area contributed by atoms with Crippen molar-refractivity contribution in [3.8, 4) is 22.4 Å². The molecule has 290 valence electrons. The standard InChI is InChI=1S/C47H67F2N4.Na/c1-8-13-15-17-18-19-21-35-28-37(30-38(29-35)46(48)49)36-22-23-44-40(31-36)42(33-47(6,7)24-10-3)45(53(44)12-5)41-32-39(34-52-43(41)11-4)51-27-26-50-25-20-16-14-9-2;/h8,11,22-23,28-32,34,46,50-51H,1,9-10,12-21,24-27,33H2,2-7H3;/q-1;+1. The van der Waals surface area contributed by atoms with Gasteiger partial charge in [0, 0.05) is 48.0 Å². The first-order valence-electron chi connectivity index (χ1n) is 20.6. The third kappa shape index (κ3) is 13.0. The molecule has 0 radical (unpaired) electrons. The Hall–Kier alpha value is -2.64. The van der Waals surface area contributed by atoms with Crippen molar-refractivity contribution >= 4 is 16.6 Å². The summed E-state index contributed by atoms with van der Waals surface area (Å²) in [5.41, 5.74) is 9.82. The Bertz CT molecular complexity index is 1730. The fourth-order valence-corrected chi connectivity index (χ4v) is 7.88. The number of aryl methyl sites for hydroxylation is 2. The van der Waals surface area contributed by atoms with E-state index in [1.807, 2.05) is 12.3 Å². The zero-order valence-electron chi connectivity index (χ0n) is 34.7. The molecule has 0 fully saturated rings. The normalized spacial score (nSPS) is 11.6. The average Bonchev–Trinajstić information content (AvgIpc) is 3.45. The van der Waals surface area contributed by atoms with Crippen LogP contribution in [-0.4, -0.2) is 29.2 Å². The zero-order valence-corrected chi connectivity index (χ0v) is 36.7. The molecule has 0 aliphatic rings. The van der Waals surface area contributed by atoms with Gasteiger partial charge in [0.25, 0.3) is 6.43 Å². The topological polar surface area (TPSA) is 41.9 Å².